The summed E-state index contributed by atoms with van der Waals surface area (Å²) in [4.78, 5) is 14.8. The third kappa shape index (κ3) is 4.85. The van der Waals surface area contributed by atoms with E-state index < -0.39 is 24.7 Å². The van der Waals surface area contributed by atoms with E-state index in [9.17, 15) is 23.1 Å². The minimum absolute atomic E-state index is 0.192. The van der Waals surface area contributed by atoms with Gasteiger partial charge in [-0.05, 0) is 30.5 Å². The van der Waals surface area contributed by atoms with Gasteiger partial charge in [-0.2, -0.15) is 13.2 Å². The highest BCUT2D eigenvalue weighted by Gasteiger charge is 2.35. The van der Waals surface area contributed by atoms with Crippen LogP contribution in [0.3, 0.4) is 0 Å². The second-order valence-corrected chi connectivity index (χ2v) is 6.36. The maximum atomic E-state index is 12.5. The lowest BCUT2D eigenvalue weighted by Gasteiger charge is -2.38. The molecule has 0 bridgehead atoms. The molecule has 1 unspecified atom stereocenters. The van der Waals surface area contributed by atoms with Gasteiger partial charge in [0, 0.05) is 26.2 Å². The van der Waals surface area contributed by atoms with Gasteiger partial charge < -0.3 is 9.84 Å². The van der Waals surface area contributed by atoms with Gasteiger partial charge in [-0.1, -0.05) is 12.1 Å². The molecule has 0 spiro atoms. The molecular formula is C17H23F3N2O3. The number of rotatable bonds is 5. The van der Waals surface area contributed by atoms with Crippen molar-refractivity contribution in [1.29, 1.82) is 0 Å². The molecule has 1 atom stereocenters. The number of hydrogen-bond acceptors (Lipinski definition) is 4. The van der Waals surface area contributed by atoms with Gasteiger partial charge in [0.15, 0.2) is 0 Å². The van der Waals surface area contributed by atoms with Crippen molar-refractivity contribution in [3.8, 4) is 5.75 Å². The van der Waals surface area contributed by atoms with Crippen molar-refractivity contribution in [2.45, 2.75) is 26.1 Å². The summed E-state index contributed by atoms with van der Waals surface area (Å²) in [6, 6.07) is 2.66. The molecule has 1 saturated heterocycles. The van der Waals surface area contributed by atoms with Gasteiger partial charge in [0.2, 0.25) is 0 Å². The topological polar surface area (TPSA) is 53.0 Å². The van der Waals surface area contributed by atoms with E-state index in [0.29, 0.717) is 11.3 Å². The zero-order valence-corrected chi connectivity index (χ0v) is 14.6. The quantitative estimate of drug-likeness (QED) is 0.875. The zero-order valence-electron chi connectivity index (χ0n) is 14.6. The Labute approximate surface area is 145 Å². The molecule has 1 heterocycles. The molecule has 1 aromatic rings. The van der Waals surface area contributed by atoms with Gasteiger partial charge in [0.05, 0.1) is 13.7 Å². The number of carboxylic acids is 1. The molecule has 1 aliphatic heterocycles. The fourth-order valence-electron chi connectivity index (χ4n) is 3.41. The van der Waals surface area contributed by atoms with Crippen LogP contribution in [0.5, 0.6) is 5.75 Å². The number of nitrogens with zero attached hydrogens (tertiary/aromatic N) is 2. The Kier molecular flexibility index (Phi) is 5.95. The first-order chi connectivity index (χ1) is 11.6. The zero-order chi connectivity index (χ0) is 18.8. The highest BCUT2D eigenvalue weighted by atomic mass is 19.4. The second-order valence-electron chi connectivity index (χ2n) is 6.36. The smallest absolute Gasteiger partial charge is 0.401 e. The Hall–Kier alpha value is -1.80. The SMILES string of the molecule is COc1c(C)cc(C(C(=O)O)N2CCN(CC(F)(F)F)CC2)cc1C. The lowest BCUT2D eigenvalue weighted by molar-refractivity contribution is -0.154. The van der Waals surface area contributed by atoms with Crippen molar-refractivity contribution >= 4 is 5.97 Å². The van der Waals surface area contributed by atoms with E-state index in [4.69, 9.17) is 4.74 Å². The highest BCUT2D eigenvalue weighted by molar-refractivity contribution is 5.76. The normalized spacial score (nSPS) is 18.2. The minimum Gasteiger partial charge on any atom is -0.496 e. The van der Waals surface area contributed by atoms with Crippen molar-refractivity contribution < 1.29 is 27.8 Å². The Morgan fingerprint density at radius 1 is 1.20 bits per heavy atom. The van der Waals surface area contributed by atoms with Crippen molar-refractivity contribution in [1.82, 2.24) is 9.80 Å². The molecule has 0 amide bonds. The molecule has 0 radical (unpaired) electrons. The Bertz CT molecular complexity index is 603. The van der Waals surface area contributed by atoms with E-state index in [1.54, 1.807) is 24.1 Å². The number of carbonyl (C=O) groups is 1. The van der Waals surface area contributed by atoms with Crippen LogP contribution in [0.4, 0.5) is 13.2 Å². The number of ether oxygens (including phenoxy) is 1. The predicted molar refractivity (Wildman–Crippen MR) is 86.9 cm³/mol. The van der Waals surface area contributed by atoms with Crippen LogP contribution in [0, 0.1) is 13.8 Å². The molecule has 140 valence electrons. The first kappa shape index (κ1) is 19.5. The summed E-state index contributed by atoms with van der Waals surface area (Å²) in [6.07, 6.45) is -4.24. The van der Waals surface area contributed by atoms with E-state index in [1.807, 2.05) is 13.8 Å². The van der Waals surface area contributed by atoms with Crippen LogP contribution < -0.4 is 4.74 Å². The van der Waals surface area contributed by atoms with Crippen LogP contribution in [0.15, 0.2) is 12.1 Å². The van der Waals surface area contributed by atoms with Gasteiger partial charge in [-0.25, -0.2) is 0 Å². The molecule has 1 fully saturated rings. The minimum atomic E-state index is -4.24. The first-order valence-electron chi connectivity index (χ1n) is 8.03. The summed E-state index contributed by atoms with van der Waals surface area (Å²) >= 11 is 0. The van der Waals surface area contributed by atoms with Gasteiger partial charge in [0.25, 0.3) is 0 Å². The average Bonchev–Trinajstić information content (AvgIpc) is 2.47. The summed E-state index contributed by atoms with van der Waals surface area (Å²) in [6.45, 7) is 3.66. The number of methoxy groups -OCH3 is 1. The van der Waals surface area contributed by atoms with Gasteiger partial charge in [-0.3, -0.25) is 14.6 Å². The third-order valence-corrected chi connectivity index (χ3v) is 4.41. The van der Waals surface area contributed by atoms with E-state index in [1.165, 1.54) is 4.90 Å². The average molecular weight is 360 g/mol. The molecule has 0 aromatic heterocycles. The van der Waals surface area contributed by atoms with Gasteiger partial charge in [0.1, 0.15) is 11.8 Å². The maximum Gasteiger partial charge on any atom is 0.401 e. The molecule has 5 nitrogen and oxygen atoms in total. The van der Waals surface area contributed by atoms with Crippen LogP contribution in [-0.4, -0.2) is 66.9 Å². The molecule has 1 N–H and O–H groups in total. The van der Waals surface area contributed by atoms with Crippen molar-refractivity contribution in [3.63, 3.8) is 0 Å². The standard InChI is InChI=1S/C17H23F3N2O3/c1-11-8-13(9-12(2)15(11)25-3)14(16(23)24)22-6-4-21(5-7-22)10-17(18,19)20/h8-9,14H,4-7,10H2,1-3H3,(H,23,24). The third-order valence-electron chi connectivity index (χ3n) is 4.41. The number of piperazine rings is 1. The number of carboxylic acid groups (broad SMARTS) is 1. The number of aryl methyl sites for hydroxylation is 2. The Morgan fingerprint density at radius 3 is 2.12 bits per heavy atom. The largest absolute Gasteiger partial charge is 0.496 e. The fraction of sp³-hybridized carbons (Fsp3) is 0.588. The van der Waals surface area contributed by atoms with Crippen LogP contribution >= 0.6 is 0 Å². The number of alkyl halides is 3. The summed E-state index contributed by atoms with van der Waals surface area (Å²) in [5.74, 6) is -0.295. The lowest BCUT2D eigenvalue weighted by Crippen LogP contribution is -2.51. The number of halogens is 3. The monoisotopic (exact) mass is 360 g/mol. The Morgan fingerprint density at radius 2 is 1.72 bits per heavy atom. The van der Waals surface area contributed by atoms with Crippen LogP contribution in [0.2, 0.25) is 0 Å². The molecule has 2 rings (SSSR count). The number of hydrogen-bond donors (Lipinski definition) is 1. The van der Waals surface area contributed by atoms with E-state index >= 15 is 0 Å². The van der Waals surface area contributed by atoms with Crippen molar-refractivity contribution in [2.75, 3.05) is 39.8 Å². The molecule has 0 saturated carbocycles. The summed E-state index contributed by atoms with van der Waals surface area (Å²) in [5, 5.41) is 9.67. The molecule has 1 aromatic carbocycles. The van der Waals surface area contributed by atoms with Crippen molar-refractivity contribution in [3.05, 3.63) is 28.8 Å². The number of aliphatic carboxylic acids is 1. The van der Waals surface area contributed by atoms with E-state index in [0.717, 1.165) is 11.1 Å². The van der Waals surface area contributed by atoms with Gasteiger partial charge in [-0.15, -0.1) is 0 Å². The van der Waals surface area contributed by atoms with Crippen LogP contribution in [0.1, 0.15) is 22.7 Å². The van der Waals surface area contributed by atoms with Crippen LogP contribution in [0.25, 0.3) is 0 Å². The summed E-state index contributed by atoms with van der Waals surface area (Å²) in [5.41, 5.74) is 2.28. The summed E-state index contributed by atoms with van der Waals surface area (Å²) in [7, 11) is 1.56. The molecule has 25 heavy (non-hydrogen) atoms. The number of benzene rings is 1. The predicted octanol–water partition coefficient (Wildman–Crippen LogP) is 2.62. The maximum absolute atomic E-state index is 12.5. The van der Waals surface area contributed by atoms with Crippen molar-refractivity contribution in [2.24, 2.45) is 0 Å². The molecular weight excluding hydrogens is 337 g/mol. The molecule has 8 heteroatoms. The Balaban J connectivity index is 2.17. The van der Waals surface area contributed by atoms with E-state index in [-0.39, 0.29) is 26.2 Å². The second kappa shape index (κ2) is 7.61. The van der Waals surface area contributed by atoms with E-state index in [2.05, 4.69) is 0 Å². The lowest BCUT2D eigenvalue weighted by atomic mass is 9.98. The summed E-state index contributed by atoms with van der Waals surface area (Å²) < 4.78 is 42.8. The first-order valence-corrected chi connectivity index (χ1v) is 8.03. The highest BCUT2D eigenvalue weighted by Crippen LogP contribution is 2.30. The van der Waals surface area contributed by atoms with Gasteiger partial charge >= 0.3 is 12.1 Å². The molecule has 1 aliphatic rings. The van der Waals surface area contributed by atoms with Crippen LogP contribution in [-0.2, 0) is 4.79 Å². The fourth-order valence-corrected chi connectivity index (χ4v) is 3.41. The molecule has 0 aliphatic carbocycles.